The van der Waals surface area contributed by atoms with Gasteiger partial charge in [0.25, 0.3) is 0 Å². The van der Waals surface area contributed by atoms with E-state index in [0.29, 0.717) is 28.8 Å². The number of rotatable bonds is 5. The van der Waals surface area contributed by atoms with Crippen molar-refractivity contribution in [2.75, 3.05) is 20.3 Å². The molecule has 1 heterocycles. The summed E-state index contributed by atoms with van der Waals surface area (Å²) in [6, 6.07) is 3.83. The van der Waals surface area contributed by atoms with Crippen molar-refractivity contribution in [2.24, 2.45) is 10.8 Å². The van der Waals surface area contributed by atoms with Gasteiger partial charge in [-0.25, -0.2) is 0 Å². The van der Waals surface area contributed by atoms with E-state index < -0.39 is 5.92 Å². The molecule has 2 aliphatic carbocycles. The number of ketones is 2. The summed E-state index contributed by atoms with van der Waals surface area (Å²) in [5.41, 5.74) is 4.21. The minimum absolute atomic E-state index is 0.106. The Hall–Kier alpha value is -2.52. The van der Waals surface area contributed by atoms with Crippen LogP contribution in [-0.2, 0) is 9.59 Å². The molecule has 0 bridgehead atoms. The highest BCUT2D eigenvalue weighted by Gasteiger charge is 2.48. The predicted octanol–water partition coefficient (Wildman–Crippen LogP) is 6.18. The normalized spacial score (nSPS) is 21.5. The molecule has 0 spiro atoms. The molecule has 4 rings (SSSR count). The second kappa shape index (κ2) is 9.17. The van der Waals surface area contributed by atoms with Crippen LogP contribution in [-0.4, -0.2) is 36.7 Å². The molecule has 186 valence electrons. The summed E-state index contributed by atoms with van der Waals surface area (Å²) in [5, 5.41) is 0. The Balaban J connectivity index is 1.99. The molecule has 0 unspecified atom stereocenters. The number of halogens is 1. The maximum Gasteiger partial charge on any atom is 0.176 e. The van der Waals surface area contributed by atoms with Crippen LogP contribution >= 0.6 is 15.9 Å². The Kier molecular flexibility index (Phi) is 6.70. The number of nitrogens with zero attached hydrogens (tertiary/aromatic N) is 1. The van der Waals surface area contributed by atoms with E-state index in [-0.39, 0.29) is 29.0 Å². The van der Waals surface area contributed by atoms with Crippen molar-refractivity contribution in [1.29, 1.82) is 0 Å². The summed E-state index contributed by atoms with van der Waals surface area (Å²) in [6.45, 7) is 11.5. The average Bonchev–Trinajstić information content (AvgIpc) is 2.74. The second-order valence-electron chi connectivity index (χ2n) is 11.3. The first kappa shape index (κ1) is 25.6. The highest BCUT2D eigenvalue weighted by atomic mass is 79.9. The maximum absolute atomic E-state index is 13.7. The molecular formula is C29H34BrNO4. The SMILES string of the molecule is C#CCOc1c(Br)cc(C2C3=C(CC(C)(C)CC3=O)N(CC)C3=C2C(=O)CC(C)(C)C3)cc1OC. The van der Waals surface area contributed by atoms with Crippen molar-refractivity contribution >= 4 is 27.5 Å². The summed E-state index contributed by atoms with van der Waals surface area (Å²) in [4.78, 5) is 29.7. The van der Waals surface area contributed by atoms with Crippen molar-refractivity contribution in [1.82, 2.24) is 4.90 Å². The maximum atomic E-state index is 13.7. The molecule has 0 radical (unpaired) electrons. The number of allylic oxidation sites excluding steroid dienone is 4. The molecule has 0 saturated heterocycles. The minimum atomic E-state index is -0.429. The summed E-state index contributed by atoms with van der Waals surface area (Å²) < 4.78 is 12.1. The van der Waals surface area contributed by atoms with Gasteiger partial charge in [0.05, 0.1) is 11.6 Å². The van der Waals surface area contributed by atoms with Crippen LogP contribution in [0.4, 0.5) is 0 Å². The van der Waals surface area contributed by atoms with Crippen molar-refractivity contribution in [3.8, 4) is 23.8 Å². The van der Waals surface area contributed by atoms with Crippen LogP contribution in [0, 0.1) is 23.2 Å². The van der Waals surface area contributed by atoms with Crippen LogP contribution in [0.25, 0.3) is 0 Å². The Morgan fingerprint density at radius 3 is 2.03 bits per heavy atom. The van der Waals surface area contributed by atoms with Crippen LogP contribution < -0.4 is 9.47 Å². The Morgan fingerprint density at radius 2 is 1.57 bits per heavy atom. The van der Waals surface area contributed by atoms with Crippen molar-refractivity contribution in [2.45, 2.75) is 66.2 Å². The molecule has 0 N–H and O–H groups in total. The lowest BCUT2D eigenvalue weighted by atomic mass is 9.63. The Bertz CT molecular complexity index is 1140. The lowest BCUT2D eigenvalue weighted by molar-refractivity contribution is -0.119. The van der Waals surface area contributed by atoms with Gasteiger partial charge in [-0.2, -0.15) is 0 Å². The van der Waals surface area contributed by atoms with Crippen molar-refractivity contribution < 1.29 is 19.1 Å². The number of terminal acetylenes is 1. The Morgan fingerprint density at radius 1 is 1.03 bits per heavy atom. The van der Waals surface area contributed by atoms with Crippen LogP contribution in [0.2, 0.25) is 0 Å². The van der Waals surface area contributed by atoms with Gasteiger partial charge in [-0.3, -0.25) is 9.59 Å². The molecule has 1 aromatic rings. The first-order chi connectivity index (χ1) is 16.4. The molecule has 5 nitrogen and oxygen atoms in total. The zero-order valence-electron chi connectivity index (χ0n) is 21.5. The summed E-state index contributed by atoms with van der Waals surface area (Å²) >= 11 is 3.62. The van der Waals surface area contributed by atoms with Crippen LogP contribution in [0.3, 0.4) is 0 Å². The second-order valence-corrected chi connectivity index (χ2v) is 12.2. The van der Waals surface area contributed by atoms with Crippen molar-refractivity contribution in [3.05, 3.63) is 44.7 Å². The van der Waals surface area contributed by atoms with Crippen LogP contribution in [0.1, 0.15) is 71.8 Å². The van der Waals surface area contributed by atoms with E-state index in [1.807, 2.05) is 12.1 Å². The number of carbonyl (C=O) groups is 2. The number of ether oxygens (including phenoxy) is 2. The van der Waals surface area contributed by atoms with Crippen LogP contribution in [0.15, 0.2) is 39.1 Å². The average molecular weight is 540 g/mol. The van der Waals surface area contributed by atoms with E-state index in [9.17, 15) is 9.59 Å². The first-order valence-corrected chi connectivity index (χ1v) is 13.0. The van der Waals surface area contributed by atoms with Gasteiger partial charge < -0.3 is 14.4 Å². The van der Waals surface area contributed by atoms with Gasteiger partial charge in [-0.1, -0.05) is 33.6 Å². The van der Waals surface area contributed by atoms with E-state index in [4.69, 9.17) is 15.9 Å². The third-order valence-electron chi connectivity index (χ3n) is 7.22. The fourth-order valence-electron chi connectivity index (χ4n) is 5.92. The highest BCUT2D eigenvalue weighted by Crippen LogP contribution is 2.55. The topological polar surface area (TPSA) is 55.8 Å². The fraction of sp³-hybridized carbons (Fsp3) is 0.517. The lowest BCUT2D eigenvalue weighted by Gasteiger charge is -2.49. The molecule has 1 aliphatic heterocycles. The number of hydrogen-bond acceptors (Lipinski definition) is 5. The predicted molar refractivity (Wildman–Crippen MR) is 140 cm³/mol. The van der Waals surface area contributed by atoms with Gasteiger partial charge in [0.2, 0.25) is 0 Å². The number of Topliss-reactive ketones (excluding diaryl/α,β-unsaturated/α-hetero) is 2. The van der Waals surface area contributed by atoms with Crippen molar-refractivity contribution in [3.63, 3.8) is 0 Å². The van der Waals surface area contributed by atoms with Gasteiger partial charge in [-0.15, -0.1) is 6.42 Å². The molecule has 1 aromatic carbocycles. The zero-order chi connectivity index (χ0) is 25.7. The monoisotopic (exact) mass is 539 g/mol. The van der Waals surface area contributed by atoms with Gasteiger partial charge >= 0.3 is 0 Å². The van der Waals surface area contributed by atoms with E-state index in [1.165, 1.54) is 0 Å². The minimum Gasteiger partial charge on any atom is -0.493 e. The van der Waals surface area contributed by atoms with E-state index in [2.05, 4.69) is 61.4 Å². The number of methoxy groups -OCH3 is 1. The standard InChI is InChI=1S/C29H34BrNO4/c1-8-10-35-27-18(30)11-17(12-23(27)34-7)24-25-19(13-28(3,4)15-21(25)32)31(9-2)20-14-29(5,6)16-22(33)26(20)24/h1,11-12,24H,9-10,13-16H2,2-7H3. The Labute approximate surface area is 217 Å². The number of benzene rings is 1. The van der Waals surface area contributed by atoms with E-state index in [0.717, 1.165) is 47.5 Å². The third kappa shape index (κ3) is 4.56. The zero-order valence-corrected chi connectivity index (χ0v) is 23.1. The lowest BCUT2D eigenvalue weighted by Crippen LogP contribution is -2.44. The summed E-state index contributed by atoms with van der Waals surface area (Å²) in [6.07, 6.45) is 7.91. The van der Waals surface area contributed by atoms with Gasteiger partial charge in [0.15, 0.2) is 23.1 Å². The molecule has 35 heavy (non-hydrogen) atoms. The molecule has 0 aromatic heterocycles. The summed E-state index contributed by atoms with van der Waals surface area (Å²) in [7, 11) is 1.58. The quantitative estimate of drug-likeness (QED) is 0.418. The van der Waals surface area contributed by atoms with Gasteiger partial charge in [0.1, 0.15) is 6.61 Å². The smallest absolute Gasteiger partial charge is 0.176 e. The van der Waals surface area contributed by atoms with E-state index in [1.54, 1.807) is 7.11 Å². The molecular weight excluding hydrogens is 506 g/mol. The number of carbonyl (C=O) groups excluding carboxylic acids is 2. The summed E-state index contributed by atoms with van der Waals surface area (Å²) in [5.74, 6) is 3.31. The molecule has 3 aliphatic rings. The highest BCUT2D eigenvalue weighted by molar-refractivity contribution is 9.10. The van der Waals surface area contributed by atoms with E-state index >= 15 is 0 Å². The molecule has 0 atom stereocenters. The molecule has 6 heteroatoms. The molecule has 0 saturated carbocycles. The number of hydrogen-bond donors (Lipinski definition) is 0. The largest absolute Gasteiger partial charge is 0.493 e. The fourth-order valence-corrected chi connectivity index (χ4v) is 6.50. The third-order valence-corrected chi connectivity index (χ3v) is 7.81. The molecule has 0 fully saturated rings. The van der Waals surface area contributed by atoms with Gasteiger partial charge in [0, 0.05) is 47.8 Å². The molecule has 0 amide bonds. The van der Waals surface area contributed by atoms with Gasteiger partial charge in [-0.05, 0) is 64.2 Å². The first-order valence-electron chi connectivity index (χ1n) is 12.2. The van der Waals surface area contributed by atoms with Crippen LogP contribution in [0.5, 0.6) is 11.5 Å².